The second kappa shape index (κ2) is 6.90. The number of hydrogen-bond donors (Lipinski definition) is 2. The lowest BCUT2D eigenvalue weighted by atomic mass is 10.1. The summed E-state index contributed by atoms with van der Waals surface area (Å²) < 4.78 is 60.4. The van der Waals surface area contributed by atoms with Crippen molar-refractivity contribution in [2.24, 2.45) is 0 Å². The molecule has 0 saturated heterocycles. The first-order valence-electron chi connectivity index (χ1n) is 6.06. The van der Waals surface area contributed by atoms with E-state index in [0.29, 0.717) is 0 Å². The van der Waals surface area contributed by atoms with E-state index in [0.717, 1.165) is 17.4 Å². The number of alkyl halides is 3. The lowest BCUT2D eigenvalue weighted by Gasteiger charge is -2.13. The number of carbonyl (C=O) groups is 1. The summed E-state index contributed by atoms with van der Waals surface area (Å²) in [6.45, 7) is -0.360. The van der Waals surface area contributed by atoms with Gasteiger partial charge in [0.05, 0.1) is 10.4 Å². The molecule has 0 spiro atoms. The van der Waals surface area contributed by atoms with E-state index >= 15 is 0 Å². The van der Waals surface area contributed by atoms with Crippen molar-refractivity contribution in [2.75, 3.05) is 0 Å². The predicted molar refractivity (Wildman–Crippen MR) is 80.5 cm³/mol. The topological polar surface area (TPSA) is 63.2 Å². The van der Waals surface area contributed by atoms with E-state index in [1.165, 1.54) is 24.3 Å². The third-order valence-corrected chi connectivity index (χ3v) is 5.16. The molecule has 4 nitrogen and oxygen atoms in total. The Morgan fingerprint density at radius 2 is 1.91 bits per heavy atom. The Kier molecular flexibility index (Phi) is 5.33. The number of benzene rings is 1. The van der Waals surface area contributed by atoms with Crippen molar-refractivity contribution in [1.29, 1.82) is 0 Å². The highest BCUT2D eigenvalue weighted by Crippen LogP contribution is 2.33. The normalized spacial score (nSPS) is 11.7. The van der Waals surface area contributed by atoms with Crippen LogP contribution in [-0.4, -0.2) is 14.3 Å². The minimum Gasteiger partial charge on any atom is -0.347 e. The summed E-state index contributed by atoms with van der Waals surface area (Å²) in [4.78, 5) is 12.0. The quantitative estimate of drug-likeness (QED) is 0.796. The third-order valence-electron chi connectivity index (χ3n) is 2.81. The van der Waals surface area contributed by atoms with E-state index in [2.05, 4.69) is 5.32 Å². The summed E-state index contributed by atoms with van der Waals surface area (Å²) in [5, 5.41) is 2.27. The molecule has 0 atom stereocenters. The second-order valence-electron chi connectivity index (χ2n) is 4.38. The summed E-state index contributed by atoms with van der Waals surface area (Å²) >= 11 is 6.32. The van der Waals surface area contributed by atoms with Crippen molar-refractivity contribution >= 4 is 39.5 Å². The van der Waals surface area contributed by atoms with Gasteiger partial charge in [-0.15, -0.1) is 11.3 Å². The molecule has 0 aliphatic rings. The van der Waals surface area contributed by atoms with Gasteiger partial charge in [-0.1, -0.05) is 17.7 Å². The molecule has 124 valence electrons. The van der Waals surface area contributed by atoms with E-state index in [-0.39, 0.29) is 26.2 Å². The molecule has 0 saturated carbocycles. The van der Waals surface area contributed by atoms with Crippen LogP contribution in [0.4, 0.5) is 13.2 Å². The van der Waals surface area contributed by atoms with E-state index in [4.69, 9.17) is 11.6 Å². The molecule has 1 N–H and O–H groups in total. The number of nitrogens with one attached hydrogen (secondary N) is 1. The molecule has 0 aliphatic heterocycles. The van der Waals surface area contributed by atoms with Crippen LogP contribution in [0.15, 0.2) is 34.5 Å². The molecule has 1 aromatic carbocycles. The predicted octanol–water partition coefficient (Wildman–Crippen LogP) is 3.32. The number of hydrogen-bond acceptors (Lipinski definition) is 4. The second-order valence-corrected chi connectivity index (χ2v) is 7.20. The number of thiol groups is 1. The first kappa shape index (κ1) is 17.8. The van der Waals surface area contributed by atoms with E-state index < -0.39 is 28.4 Å². The average molecular weight is 384 g/mol. The number of thiophene rings is 1. The zero-order valence-electron chi connectivity index (χ0n) is 11.2. The van der Waals surface area contributed by atoms with Crippen molar-refractivity contribution in [3.05, 3.63) is 51.4 Å². The van der Waals surface area contributed by atoms with Crippen LogP contribution in [0.5, 0.6) is 0 Å². The van der Waals surface area contributed by atoms with Crippen molar-refractivity contribution in [3.63, 3.8) is 0 Å². The van der Waals surface area contributed by atoms with Gasteiger partial charge < -0.3 is 5.32 Å². The zero-order chi connectivity index (χ0) is 17.2. The Labute approximate surface area is 139 Å². The van der Waals surface area contributed by atoms with Gasteiger partial charge in [-0.2, -0.15) is 13.2 Å². The number of amides is 1. The van der Waals surface area contributed by atoms with Gasteiger partial charge in [-0.25, -0.2) is 8.42 Å². The van der Waals surface area contributed by atoms with Gasteiger partial charge in [-0.05, 0) is 29.8 Å². The lowest BCUT2D eigenvalue weighted by Crippen LogP contribution is -2.23. The molecule has 1 aromatic heterocycles. The van der Waals surface area contributed by atoms with Gasteiger partial charge in [-0.3, -0.25) is 4.79 Å². The number of rotatable bonds is 4. The van der Waals surface area contributed by atoms with E-state index in [9.17, 15) is 26.4 Å². The average Bonchev–Trinajstić information content (AvgIpc) is 2.94. The van der Waals surface area contributed by atoms with Gasteiger partial charge in [0.25, 0.3) is 5.91 Å². The highest BCUT2D eigenvalue weighted by Gasteiger charge is 2.33. The first-order chi connectivity index (χ1) is 10.7. The van der Waals surface area contributed by atoms with Crippen molar-refractivity contribution in [2.45, 2.75) is 16.9 Å². The summed E-state index contributed by atoms with van der Waals surface area (Å²) in [5.41, 5.74) is -1.07. The summed E-state index contributed by atoms with van der Waals surface area (Å²) in [6.07, 6.45) is -4.60. The fourth-order valence-corrected chi connectivity index (χ4v) is 3.40. The molecular weight excluding hydrogens is 375 g/mol. The molecule has 1 heterocycles. The maximum atomic E-state index is 12.9. The molecule has 1 amide bonds. The molecular formula is C13H9ClF3NO3S2. The minimum atomic E-state index is -4.60. The summed E-state index contributed by atoms with van der Waals surface area (Å²) in [7, 11) is -2.80. The molecule has 0 aliphatic carbocycles. The summed E-state index contributed by atoms with van der Waals surface area (Å²) in [5.74, 6) is -0.652. The lowest BCUT2D eigenvalue weighted by molar-refractivity contribution is -0.138. The molecule has 0 fully saturated rings. The maximum Gasteiger partial charge on any atom is 0.416 e. The van der Waals surface area contributed by atoms with Crippen LogP contribution in [-0.2, 0) is 23.4 Å². The van der Waals surface area contributed by atoms with Crippen LogP contribution in [0.3, 0.4) is 0 Å². The highest BCUT2D eigenvalue weighted by atomic mass is 35.5. The Hall–Kier alpha value is -1.58. The van der Waals surface area contributed by atoms with Crippen LogP contribution < -0.4 is 5.32 Å². The molecule has 2 aromatic rings. The first-order valence-corrected chi connectivity index (χ1v) is 8.43. The molecule has 0 radical (unpaired) electrons. The van der Waals surface area contributed by atoms with Crippen LogP contribution in [0.25, 0.3) is 0 Å². The maximum absolute atomic E-state index is 12.9. The molecule has 23 heavy (non-hydrogen) atoms. The van der Waals surface area contributed by atoms with Gasteiger partial charge in [0.15, 0.2) is 10.7 Å². The molecule has 0 unspecified atom stereocenters. The van der Waals surface area contributed by atoms with Gasteiger partial charge in [0, 0.05) is 11.6 Å². The monoisotopic (exact) mass is 383 g/mol. The molecule has 2 rings (SSSR count). The van der Waals surface area contributed by atoms with Gasteiger partial charge >= 0.3 is 6.18 Å². The number of carbonyl (C=O) groups excluding carboxylic acids is 1. The van der Waals surface area contributed by atoms with E-state index in [1.807, 2.05) is 0 Å². The smallest absolute Gasteiger partial charge is 0.347 e. The zero-order valence-corrected chi connectivity index (χ0v) is 13.7. The van der Waals surface area contributed by atoms with Crippen LogP contribution in [0, 0.1) is 0 Å². The van der Waals surface area contributed by atoms with Gasteiger partial charge in [0.2, 0.25) is 0 Å². The van der Waals surface area contributed by atoms with E-state index in [1.54, 1.807) is 0 Å². The Bertz CT molecular complexity index is 807. The van der Waals surface area contributed by atoms with Crippen molar-refractivity contribution in [1.82, 2.24) is 5.32 Å². The largest absolute Gasteiger partial charge is 0.416 e. The fourth-order valence-electron chi connectivity index (χ4n) is 1.78. The SMILES string of the molecule is O=C(NCc1ccc(Cl)cc1C(F)(F)F)c1ccc([SH](=O)=O)s1. The third kappa shape index (κ3) is 4.46. The Balaban J connectivity index is 2.15. The molecule has 10 heteroatoms. The van der Waals surface area contributed by atoms with Crippen molar-refractivity contribution < 1.29 is 26.4 Å². The highest BCUT2D eigenvalue weighted by molar-refractivity contribution is 7.75. The van der Waals surface area contributed by atoms with Crippen LogP contribution in [0.2, 0.25) is 5.02 Å². The Morgan fingerprint density at radius 3 is 2.48 bits per heavy atom. The molecule has 0 bridgehead atoms. The van der Waals surface area contributed by atoms with Crippen LogP contribution in [0.1, 0.15) is 20.8 Å². The fraction of sp³-hybridized carbons (Fsp3) is 0.154. The standard InChI is InChI=1S/C13H9ClF3NO3S2/c14-8-2-1-7(9(5-8)13(15,16)17)6-18-12(19)10-3-4-11(22-10)23(20)21/h1-5,23H,6H2,(H,18,19). The van der Waals surface area contributed by atoms with Crippen LogP contribution >= 0.6 is 22.9 Å². The summed E-state index contributed by atoms with van der Waals surface area (Å²) in [6, 6.07) is 5.82. The van der Waals surface area contributed by atoms with Crippen molar-refractivity contribution in [3.8, 4) is 0 Å². The number of halogens is 4. The Morgan fingerprint density at radius 1 is 1.22 bits per heavy atom. The minimum absolute atomic E-state index is 0.00706. The van der Waals surface area contributed by atoms with Gasteiger partial charge in [0.1, 0.15) is 4.21 Å².